The van der Waals surface area contributed by atoms with Crippen LogP contribution in [0.25, 0.3) is 10.9 Å². The summed E-state index contributed by atoms with van der Waals surface area (Å²) in [7, 11) is 0. The Labute approximate surface area is 160 Å². The molecule has 7 nitrogen and oxygen atoms in total. The number of aromatic nitrogens is 2. The highest BCUT2D eigenvalue weighted by Crippen LogP contribution is 2.36. The molecule has 28 heavy (non-hydrogen) atoms. The Bertz CT molecular complexity index is 1150. The Balaban J connectivity index is 1.87. The van der Waals surface area contributed by atoms with Crippen molar-refractivity contribution in [2.45, 2.75) is 6.04 Å². The summed E-state index contributed by atoms with van der Waals surface area (Å²) in [5.41, 5.74) is 1.63. The molecule has 2 heterocycles. The van der Waals surface area contributed by atoms with Gasteiger partial charge in [-0.05, 0) is 23.8 Å². The molecular formula is C21H16N4O3. The quantitative estimate of drug-likeness (QED) is 0.397. The van der Waals surface area contributed by atoms with Crippen molar-refractivity contribution in [3.05, 3.63) is 100 Å². The largest absolute Gasteiger partial charge is 0.505 e. The van der Waals surface area contributed by atoms with Crippen molar-refractivity contribution in [3.8, 4) is 5.75 Å². The van der Waals surface area contributed by atoms with Crippen LogP contribution in [0.1, 0.15) is 17.2 Å². The first-order valence-electron chi connectivity index (χ1n) is 8.62. The van der Waals surface area contributed by atoms with Crippen LogP contribution in [-0.2, 0) is 0 Å². The highest BCUT2D eigenvalue weighted by atomic mass is 16.6. The molecule has 0 saturated carbocycles. The molecule has 138 valence electrons. The zero-order valence-corrected chi connectivity index (χ0v) is 14.7. The van der Waals surface area contributed by atoms with Crippen molar-refractivity contribution in [2.24, 2.45) is 0 Å². The number of nitrogens with one attached hydrogen (secondary N) is 1. The Morgan fingerprint density at radius 3 is 2.61 bits per heavy atom. The molecule has 0 fully saturated rings. The Kier molecular flexibility index (Phi) is 4.55. The molecule has 1 atom stereocenters. The molecule has 4 aromatic rings. The number of benzene rings is 2. The molecule has 0 aliphatic carbocycles. The first-order chi connectivity index (χ1) is 13.6. The van der Waals surface area contributed by atoms with Gasteiger partial charge in [-0.25, -0.2) is 4.98 Å². The summed E-state index contributed by atoms with van der Waals surface area (Å²) >= 11 is 0. The number of pyridine rings is 2. The number of hydrogen-bond acceptors (Lipinski definition) is 6. The van der Waals surface area contributed by atoms with Crippen molar-refractivity contribution < 1.29 is 10.0 Å². The van der Waals surface area contributed by atoms with Crippen LogP contribution in [0, 0.1) is 10.1 Å². The zero-order chi connectivity index (χ0) is 19.5. The zero-order valence-electron chi connectivity index (χ0n) is 14.7. The average molecular weight is 372 g/mol. The van der Waals surface area contributed by atoms with Gasteiger partial charge < -0.3 is 10.4 Å². The second-order valence-electron chi connectivity index (χ2n) is 6.22. The molecule has 4 rings (SSSR count). The van der Waals surface area contributed by atoms with E-state index in [9.17, 15) is 15.2 Å². The molecule has 0 radical (unpaired) electrons. The molecule has 2 N–H and O–H groups in total. The normalized spacial score (nSPS) is 11.9. The van der Waals surface area contributed by atoms with Gasteiger partial charge in [0.2, 0.25) is 0 Å². The van der Waals surface area contributed by atoms with Crippen LogP contribution < -0.4 is 5.32 Å². The highest BCUT2D eigenvalue weighted by Gasteiger charge is 2.22. The lowest BCUT2D eigenvalue weighted by Crippen LogP contribution is -2.14. The van der Waals surface area contributed by atoms with Crippen LogP contribution in [0.2, 0.25) is 0 Å². The van der Waals surface area contributed by atoms with E-state index in [1.165, 1.54) is 12.1 Å². The third kappa shape index (κ3) is 3.33. The van der Waals surface area contributed by atoms with Crippen LogP contribution in [-0.4, -0.2) is 20.0 Å². The average Bonchev–Trinajstić information content (AvgIpc) is 2.74. The van der Waals surface area contributed by atoms with Crippen molar-refractivity contribution >= 4 is 22.4 Å². The van der Waals surface area contributed by atoms with Gasteiger partial charge in [-0.15, -0.1) is 0 Å². The van der Waals surface area contributed by atoms with E-state index in [0.717, 1.165) is 5.39 Å². The van der Waals surface area contributed by atoms with E-state index >= 15 is 0 Å². The molecular weight excluding hydrogens is 356 g/mol. The number of fused-ring (bicyclic) bond motifs is 1. The molecule has 0 spiro atoms. The Morgan fingerprint density at radius 1 is 0.964 bits per heavy atom. The second-order valence-corrected chi connectivity index (χ2v) is 6.22. The van der Waals surface area contributed by atoms with E-state index in [-0.39, 0.29) is 11.4 Å². The summed E-state index contributed by atoms with van der Waals surface area (Å²) in [6.45, 7) is 0. The first kappa shape index (κ1) is 17.4. The maximum absolute atomic E-state index is 11.2. The van der Waals surface area contributed by atoms with Gasteiger partial charge in [-0.3, -0.25) is 15.1 Å². The summed E-state index contributed by atoms with van der Waals surface area (Å²) in [6.07, 6.45) is 3.26. The standard InChI is InChI=1S/C21H16N4O3/c26-21-17(10-9-14-6-4-12-23-20(14)21)19(24-18-8-1-2-11-22-18)15-5-3-7-16(13-15)25(27)28/h1-13,19,26H,(H,22,24)/t19-/m0/s1. The third-order valence-corrected chi connectivity index (χ3v) is 4.46. The molecule has 0 amide bonds. The van der Waals surface area contributed by atoms with Crippen LogP contribution in [0.4, 0.5) is 11.5 Å². The topological polar surface area (TPSA) is 101 Å². The smallest absolute Gasteiger partial charge is 0.269 e. The molecule has 0 saturated heterocycles. The van der Waals surface area contributed by atoms with E-state index in [4.69, 9.17) is 0 Å². The third-order valence-electron chi connectivity index (χ3n) is 4.46. The lowest BCUT2D eigenvalue weighted by molar-refractivity contribution is -0.384. The Hall–Kier alpha value is -4.00. The summed E-state index contributed by atoms with van der Waals surface area (Å²) in [5.74, 6) is 0.609. The van der Waals surface area contributed by atoms with Gasteiger partial charge in [0.25, 0.3) is 5.69 Å². The molecule has 0 unspecified atom stereocenters. The van der Waals surface area contributed by atoms with Gasteiger partial charge in [0.15, 0.2) is 0 Å². The van der Waals surface area contributed by atoms with Crippen LogP contribution in [0.15, 0.2) is 79.1 Å². The minimum absolute atomic E-state index is 0.0243. The number of aromatic hydroxyl groups is 1. The van der Waals surface area contributed by atoms with Crippen molar-refractivity contribution in [1.82, 2.24) is 9.97 Å². The molecule has 7 heteroatoms. The van der Waals surface area contributed by atoms with Gasteiger partial charge in [-0.1, -0.05) is 36.4 Å². The number of non-ortho nitro benzene ring substituents is 1. The fourth-order valence-electron chi connectivity index (χ4n) is 3.13. The number of nitrogens with zero attached hydrogens (tertiary/aromatic N) is 3. The first-order valence-corrected chi connectivity index (χ1v) is 8.62. The maximum atomic E-state index is 11.2. The lowest BCUT2D eigenvalue weighted by atomic mass is 9.96. The number of phenolic OH excluding ortho intramolecular Hbond substituents is 1. The van der Waals surface area contributed by atoms with Gasteiger partial charge >= 0.3 is 0 Å². The molecule has 2 aromatic heterocycles. The fraction of sp³-hybridized carbons (Fsp3) is 0.0476. The fourth-order valence-corrected chi connectivity index (χ4v) is 3.13. The molecule has 0 aliphatic rings. The maximum Gasteiger partial charge on any atom is 0.269 e. The number of hydrogen-bond donors (Lipinski definition) is 2. The number of nitro benzene ring substituents is 1. The number of phenols is 1. The number of nitro groups is 1. The van der Waals surface area contributed by atoms with E-state index < -0.39 is 11.0 Å². The van der Waals surface area contributed by atoms with Gasteiger partial charge in [0.05, 0.1) is 11.0 Å². The highest BCUT2D eigenvalue weighted by molar-refractivity contribution is 5.86. The van der Waals surface area contributed by atoms with E-state index in [1.807, 2.05) is 18.2 Å². The SMILES string of the molecule is O=[N+]([O-])c1cccc([C@H](Nc2ccccn2)c2ccc3cccnc3c2O)c1. The van der Waals surface area contributed by atoms with Crippen molar-refractivity contribution in [1.29, 1.82) is 0 Å². The molecule has 2 aromatic carbocycles. The van der Waals surface area contributed by atoms with Crippen molar-refractivity contribution in [2.75, 3.05) is 5.32 Å². The monoisotopic (exact) mass is 372 g/mol. The van der Waals surface area contributed by atoms with Crippen molar-refractivity contribution in [3.63, 3.8) is 0 Å². The minimum Gasteiger partial charge on any atom is -0.505 e. The van der Waals surface area contributed by atoms with E-state index in [2.05, 4.69) is 15.3 Å². The molecule has 0 bridgehead atoms. The second kappa shape index (κ2) is 7.32. The molecule has 0 aliphatic heterocycles. The summed E-state index contributed by atoms with van der Waals surface area (Å²) in [4.78, 5) is 19.3. The lowest BCUT2D eigenvalue weighted by Gasteiger charge is -2.21. The van der Waals surface area contributed by atoms with Gasteiger partial charge in [0, 0.05) is 35.5 Å². The number of rotatable bonds is 5. The van der Waals surface area contributed by atoms with E-state index in [0.29, 0.717) is 22.5 Å². The van der Waals surface area contributed by atoms with Crippen LogP contribution in [0.5, 0.6) is 5.75 Å². The van der Waals surface area contributed by atoms with Gasteiger partial charge in [0.1, 0.15) is 17.1 Å². The summed E-state index contributed by atoms with van der Waals surface area (Å²) in [5, 5.41) is 26.2. The predicted octanol–water partition coefficient (Wildman–Crippen LogP) is 4.45. The Morgan fingerprint density at radius 2 is 1.82 bits per heavy atom. The summed E-state index contributed by atoms with van der Waals surface area (Å²) in [6, 6.07) is 18.5. The summed E-state index contributed by atoms with van der Waals surface area (Å²) < 4.78 is 0. The van der Waals surface area contributed by atoms with Crippen LogP contribution in [0.3, 0.4) is 0 Å². The van der Waals surface area contributed by atoms with E-state index in [1.54, 1.807) is 48.8 Å². The predicted molar refractivity (Wildman–Crippen MR) is 106 cm³/mol. The minimum atomic E-state index is -0.554. The number of anilines is 1. The van der Waals surface area contributed by atoms with Crippen LogP contribution >= 0.6 is 0 Å². The van der Waals surface area contributed by atoms with Gasteiger partial charge in [-0.2, -0.15) is 0 Å².